The first-order valence-corrected chi connectivity index (χ1v) is 6.30. The summed E-state index contributed by atoms with van der Waals surface area (Å²) in [7, 11) is 0. The summed E-state index contributed by atoms with van der Waals surface area (Å²) in [5.41, 5.74) is 3.55. The van der Waals surface area contributed by atoms with Crippen LogP contribution in [0.1, 0.15) is 17.0 Å². The van der Waals surface area contributed by atoms with Crippen LogP contribution in [-0.2, 0) is 11.2 Å². The molecule has 1 aromatic heterocycles. The molecule has 0 amide bonds. The summed E-state index contributed by atoms with van der Waals surface area (Å²) in [6, 6.07) is 7.72. The summed E-state index contributed by atoms with van der Waals surface area (Å²) in [6.45, 7) is 3.91. The predicted octanol–water partition coefficient (Wildman–Crippen LogP) is 2.88. The number of hydrogen-bond acceptors (Lipinski definition) is 2. The molecule has 0 spiro atoms. The van der Waals surface area contributed by atoms with E-state index < -0.39 is 5.97 Å². The van der Waals surface area contributed by atoms with Gasteiger partial charge in [-0.25, -0.2) is 4.68 Å². The average molecular weight is 309 g/mol. The Labute approximate surface area is 113 Å². The summed E-state index contributed by atoms with van der Waals surface area (Å²) < 4.78 is 2.79. The summed E-state index contributed by atoms with van der Waals surface area (Å²) in [5.74, 6) is -0.868. The Hall–Kier alpha value is -1.62. The van der Waals surface area contributed by atoms with Gasteiger partial charge in [0.05, 0.1) is 17.8 Å². The number of nitrogens with zero attached hydrogens (tertiary/aromatic N) is 2. The van der Waals surface area contributed by atoms with E-state index in [2.05, 4.69) is 21.0 Å². The van der Waals surface area contributed by atoms with E-state index in [-0.39, 0.29) is 6.42 Å². The largest absolute Gasteiger partial charge is 0.481 e. The number of aromatic nitrogens is 2. The van der Waals surface area contributed by atoms with Crippen molar-refractivity contribution in [3.05, 3.63) is 45.7 Å². The van der Waals surface area contributed by atoms with Crippen molar-refractivity contribution in [2.75, 3.05) is 0 Å². The van der Waals surface area contributed by atoms with Crippen LogP contribution in [-0.4, -0.2) is 20.9 Å². The summed E-state index contributed by atoms with van der Waals surface area (Å²) in [6.07, 6.45) is -0.0522. The molecule has 0 radical (unpaired) electrons. The summed E-state index contributed by atoms with van der Waals surface area (Å²) in [5, 5.41) is 13.1. The Morgan fingerprint density at radius 1 is 1.39 bits per heavy atom. The van der Waals surface area contributed by atoms with Crippen molar-refractivity contribution in [3.8, 4) is 5.69 Å². The lowest BCUT2D eigenvalue weighted by Crippen LogP contribution is -2.04. The molecule has 2 aromatic rings. The summed E-state index contributed by atoms with van der Waals surface area (Å²) in [4.78, 5) is 10.7. The van der Waals surface area contributed by atoms with Gasteiger partial charge in [-0.15, -0.1) is 0 Å². The molecule has 94 valence electrons. The highest BCUT2D eigenvalue weighted by Crippen LogP contribution is 2.20. The van der Waals surface area contributed by atoms with Gasteiger partial charge in [0.15, 0.2) is 0 Å². The molecule has 0 aliphatic heterocycles. The van der Waals surface area contributed by atoms with E-state index in [0.29, 0.717) is 5.69 Å². The summed E-state index contributed by atoms with van der Waals surface area (Å²) >= 11 is 3.42. The van der Waals surface area contributed by atoms with Crippen LogP contribution in [0.15, 0.2) is 28.7 Å². The lowest BCUT2D eigenvalue weighted by atomic mass is 10.2. The van der Waals surface area contributed by atoms with Crippen LogP contribution >= 0.6 is 15.9 Å². The topological polar surface area (TPSA) is 55.1 Å². The second kappa shape index (κ2) is 4.94. The van der Waals surface area contributed by atoms with Crippen molar-refractivity contribution in [2.24, 2.45) is 0 Å². The van der Waals surface area contributed by atoms with Crippen molar-refractivity contribution >= 4 is 21.9 Å². The van der Waals surface area contributed by atoms with Gasteiger partial charge in [-0.05, 0) is 43.7 Å². The normalized spacial score (nSPS) is 10.6. The van der Waals surface area contributed by atoms with E-state index >= 15 is 0 Å². The minimum atomic E-state index is -0.868. The van der Waals surface area contributed by atoms with Crippen molar-refractivity contribution < 1.29 is 9.90 Å². The highest BCUT2D eigenvalue weighted by molar-refractivity contribution is 9.10. The van der Waals surface area contributed by atoms with Gasteiger partial charge in [0, 0.05) is 10.2 Å². The fourth-order valence-electron chi connectivity index (χ4n) is 1.88. The predicted molar refractivity (Wildman–Crippen MR) is 72.1 cm³/mol. The highest BCUT2D eigenvalue weighted by Gasteiger charge is 2.10. The molecule has 2 rings (SSSR count). The Morgan fingerprint density at radius 2 is 2.11 bits per heavy atom. The first kappa shape index (κ1) is 12.8. The molecule has 1 aromatic carbocycles. The van der Waals surface area contributed by atoms with Crippen LogP contribution in [0, 0.1) is 13.8 Å². The lowest BCUT2D eigenvalue weighted by Gasteiger charge is -2.08. The van der Waals surface area contributed by atoms with Crippen molar-refractivity contribution in [1.29, 1.82) is 0 Å². The van der Waals surface area contributed by atoms with E-state index in [0.717, 1.165) is 21.4 Å². The quantitative estimate of drug-likeness (QED) is 0.948. The number of halogens is 1. The van der Waals surface area contributed by atoms with Gasteiger partial charge in [0.25, 0.3) is 0 Å². The van der Waals surface area contributed by atoms with E-state index in [4.69, 9.17) is 5.11 Å². The maximum Gasteiger partial charge on any atom is 0.309 e. The van der Waals surface area contributed by atoms with Crippen LogP contribution in [0.25, 0.3) is 5.69 Å². The van der Waals surface area contributed by atoms with Gasteiger partial charge in [0.2, 0.25) is 0 Å². The number of aliphatic carboxylic acids is 1. The number of hydrogen-bond donors (Lipinski definition) is 1. The van der Waals surface area contributed by atoms with Crippen LogP contribution < -0.4 is 0 Å². The molecule has 0 aliphatic rings. The van der Waals surface area contributed by atoms with E-state index in [1.165, 1.54) is 0 Å². The smallest absolute Gasteiger partial charge is 0.309 e. The van der Waals surface area contributed by atoms with Gasteiger partial charge >= 0.3 is 5.97 Å². The minimum Gasteiger partial charge on any atom is -0.481 e. The van der Waals surface area contributed by atoms with E-state index in [9.17, 15) is 4.79 Å². The molecule has 0 atom stereocenters. The molecular formula is C13H13BrN2O2. The molecule has 0 saturated heterocycles. The van der Waals surface area contributed by atoms with Crippen LogP contribution in [0.5, 0.6) is 0 Å². The molecule has 0 fully saturated rings. The molecule has 1 N–H and O–H groups in total. The third kappa shape index (κ3) is 2.61. The monoisotopic (exact) mass is 308 g/mol. The Kier molecular flexibility index (Phi) is 3.52. The number of carboxylic acid groups (broad SMARTS) is 1. The van der Waals surface area contributed by atoms with E-state index in [1.54, 1.807) is 10.7 Å². The first-order valence-electron chi connectivity index (χ1n) is 5.51. The molecule has 0 aliphatic carbocycles. The maximum absolute atomic E-state index is 10.7. The molecule has 0 unspecified atom stereocenters. The van der Waals surface area contributed by atoms with Crippen molar-refractivity contribution in [3.63, 3.8) is 0 Å². The van der Waals surface area contributed by atoms with Gasteiger partial charge in [0.1, 0.15) is 0 Å². The first-order chi connectivity index (χ1) is 8.47. The number of aryl methyl sites for hydroxylation is 2. The van der Waals surface area contributed by atoms with Crippen molar-refractivity contribution in [2.45, 2.75) is 20.3 Å². The molecule has 5 heteroatoms. The van der Waals surface area contributed by atoms with Crippen molar-refractivity contribution in [1.82, 2.24) is 9.78 Å². The van der Waals surface area contributed by atoms with Gasteiger partial charge < -0.3 is 5.11 Å². The molecular weight excluding hydrogens is 296 g/mol. The molecule has 0 bridgehead atoms. The second-order valence-corrected chi connectivity index (χ2v) is 5.11. The zero-order chi connectivity index (χ0) is 13.3. The van der Waals surface area contributed by atoms with Crippen LogP contribution in [0.2, 0.25) is 0 Å². The lowest BCUT2D eigenvalue weighted by molar-refractivity contribution is -0.136. The molecule has 0 saturated carbocycles. The highest BCUT2D eigenvalue weighted by atomic mass is 79.9. The molecule has 4 nitrogen and oxygen atoms in total. The third-order valence-corrected chi connectivity index (χ3v) is 3.15. The Balaban J connectivity index is 2.44. The maximum atomic E-state index is 10.7. The zero-order valence-electron chi connectivity index (χ0n) is 10.1. The second-order valence-electron chi connectivity index (χ2n) is 4.19. The van der Waals surface area contributed by atoms with Gasteiger partial charge in [-0.2, -0.15) is 5.10 Å². The Morgan fingerprint density at radius 3 is 2.72 bits per heavy atom. The van der Waals surface area contributed by atoms with E-state index in [1.807, 2.05) is 32.0 Å². The number of carbonyl (C=O) groups is 1. The van der Waals surface area contributed by atoms with Crippen LogP contribution in [0.4, 0.5) is 0 Å². The number of rotatable bonds is 3. The molecule has 18 heavy (non-hydrogen) atoms. The third-order valence-electron chi connectivity index (χ3n) is 2.66. The minimum absolute atomic E-state index is 0.0522. The van der Waals surface area contributed by atoms with Gasteiger partial charge in [-0.3, -0.25) is 4.79 Å². The standard InChI is InChI=1S/C13H13BrN2O2/c1-8-5-10(14)3-4-12(8)16-9(2)6-11(15-16)7-13(17)18/h3-6H,7H2,1-2H3,(H,17,18). The van der Waals surface area contributed by atoms with Crippen LogP contribution in [0.3, 0.4) is 0 Å². The number of benzene rings is 1. The fourth-order valence-corrected chi connectivity index (χ4v) is 2.36. The average Bonchev–Trinajstić information content (AvgIpc) is 2.58. The zero-order valence-corrected chi connectivity index (χ0v) is 11.7. The SMILES string of the molecule is Cc1cc(Br)ccc1-n1nc(CC(=O)O)cc1C. The fraction of sp³-hybridized carbons (Fsp3) is 0.231. The Bertz CT molecular complexity index is 605. The van der Waals surface area contributed by atoms with Gasteiger partial charge in [-0.1, -0.05) is 15.9 Å². The molecule has 1 heterocycles. The number of carboxylic acids is 1.